The quantitative estimate of drug-likeness (QED) is 0.514. The van der Waals surface area contributed by atoms with Gasteiger partial charge in [0.2, 0.25) is 11.9 Å². The number of hydrogen-bond donors (Lipinski definition) is 3. The average Bonchev–Trinajstić information content (AvgIpc) is 3.16. The molecule has 2 fully saturated rings. The second-order valence-electron chi connectivity index (χ2n) is 8.42. The van der Waals surface area contributed by atoms with Gasteiger partial charge in [0.15, 0.2) is 5.65 Å². The van der Waals surface area contributed by atoms with Crippen molar-refractivity contribution >= 4 is 28.7 Å². The van der Waals surface area contributed by atoms with Crippen LogP contribution in [-0.2, 0) is 4.74 Å². The number of halogens is 2. The Bertz CT molecular complexity index is 1070. The smallest absolute Gasteiger partial charge is 0.224 e. The lowest BCUT2D eigenvalue weighted by Crippen LogP contribution is -2.29. The summed E-state index contributed by atoms with van der Waals surface area (Å²) in [5, 5.41) is 15.9. The van der Waals surface area contributed by atoms with Crippen molar-refractivity contribution in [2.24, 2.45) is 0 Å². The molecule has 0 spiro atoms. The van der Waals surface area contributed by atoms with Gasteiger partial charge in [0.25, 0.3) is 0 Å². The van der Waals surface area contributed by atoms with E-state index in [0.717, 1.165) is 38.5 Å². The van der Waals surface area contributed by atoms with E-state index in [2.05, 4.69) is 20.6 Å². The number of ether oxygens (including phenoxy) is 1. The summed E-state index contributed by atoms with van der Waals surface area (Å²) in [6.45, 7) is 1.19. The summed E-state index contributed by atoms with van der Waals surface area (Å²) >= 11 is 0. The van der Waals surface area contributed by atoms with E-state index in [9.17, 15) is 13.9 Å². The van der Waals surface area contributed by atoms with Gasteiger partial charge < -0.3 is 20.5 Å². The van der Waals surface area contributed by atoms with Gasteiger partial charge in [-0.25, -0.2) is 18.7 Å². The summed E-state index contributed by atoms with van der Waals surface area (Å²) < 4.78 is 36.0. The maximum Gasteiger partial charge on any atom is 0.224 e. The summed E-state index contributed by atoms with van der Waals surface area (Å²) in [4.78, 5) is 13.7. The zero-order valence-electron chi connectivity index (χ0n) is 17.6. The standard InChI is InChI=1S/C22H26F2N6O2.CH4/c23-16-2-1-3-17(24)19(16)28-22-27-18-12-25-21(26-13-4-6-15(31)7-5-13)29-20(18)30(22)14-8-10-32-11-9-14;/h1-3,12-15,31H,4-11H2,(H,27,28)(H,25,26,29);1H4. The number of nitrogens with one attached hydrogen (secondary N) is 2. The highest BCUT2D eigenvalue weighted by molar-refractivity contribution is 5.76. The Balaban J connectivity index is 0.00000259. The van der Waals surface area contributed by atoms with Gasteiger partial charge in [-0.05, 0) is 50.7 Å². The molecule has 2 aromatic heterocycles. The normalized spacial score (nSPS) is 21.5. The number of hydrogen-bond acceptors (Lipinski definition) is 7. The largest absolute Gasteiger partial charge is 0.393 e. The van der Waals surface area contributed by atoms with Crippen molar-refractivity contribution in [3.05, 3.63) is 36.0 Å². The lowest BCUT2D eigenvalue weighted by Gasteiger charge is -2.27. The zero-order chi connectivity index (χ0) is 22.1. The molecular formula is C23H30F2N6O2. The summed E-state index contributed by atoms with van der Waals surface area (Å²) in [5.41, 5.74) is 0.896. The Morgan fingerprint density at radius 2 is 1.70 bits per heavy atom. The van der Waals surface area contributed by atoms with E-state index in [-0.39, 0.29) is 31.3 Å². The van der Waals surface area contributed by atoms with Gasteiger partial charge in [-0.2, -0.15) is 4.98 Å². The molecule has 0 amide bonds. The van der Waals surface area contributed by atoms with Crippen LogP contribution in [0.4, 0.5) is 26.4 Å². The van der Waals surface area contributed by atoms with Crippen LogP contribution in [0.15, 0.2) is 24.4 Å². The van der Waals surface area contributed by atoms with Gasteiger partial charge >= 0.3 is 0 Å². The summed E-state index contributed by atoms with van der Waals surface area (Å²) in [6, 6.07) is 3.95. The fourth-order valence-corrected chi connectivity index (χ4v) is 4.47. The monoisotopic (exact) mass is 460 g/mol. The second-order valence-corrected chi connectivity index (χ2v) is 8.42. The highest BCUT2D eigenvalue weighted by atomic mass is 19.1. The molecule has 1 saturated heterocycles. The molecule has 33 heavy (non-hydrogen) atoms. The van der Waals surface area contributed by atoms with Crippen LogP contribution in [0.5, 0.6) is 0 Å². The topological polar surface area (TPSA) is 97.1 Å². The van der Waals surface area contributed by atoms with Crippen LogP contribution in [0, 0.1) is 11.6 Å². The van der Waals surface area contributed by atoms with Crippen LogP contribution < -0.4 is 10.6 Å². The first-order chi connectivity index (χ1) is 15.6. The van der Waals surface area contributed by atoms with Crippen LogP contribution in [0.25, 0.3) is 11.2 Å². The molecule has 0 unspecified atom stereocenters. The van der Waals surface area contributed by atoms with Crippen LogP contribution in [0.2, 0.25) is 0 Å². The molecule has 2 aliphatic rings. The van der Waals surface area contributed by atoms with Gasteiger partial charge in [-0.1, -0.05) is 13.5 Å². The molecule has 8 nitrogen and oxygen atoms in total. The lowest BCUT2D eigenvalue weighted by molar-refractivity contribution is 0.0710. The third-order valence-corrected chi connectivity index (χ3v) is 6.22. The number of para-hydroxylation sites is 1. The molecule has 1 aliphatic heterocycles. The Morgan fingerprint density at radius 3 is 2.39 bits per heavy atom. The number of anilines is 3. The molecule has 0 bridgehead atoms. The number of rotatable bonds is 5. The molecule has 1 aliphatic carbocycles. The SMILES string of the molecule is C.OC1CCC(Nc2ncc3nc(Nc4c(F)cccc4F)n(C4CCOCC4)c3n2)CC1. The predicted molar refractivity (Wildman–Crippen MR) is 123 cm³/mol. The molecule has 1 aromatic carbocycles. The van der Waals surface area contributed by atoms with E-state index in [0.29, 0.717) is 36.3 Å². The van der Waals surface area contributed by atoms with Gasteiger partial charge in [-0.15, -0.1) is 0 Å². The number of nitrogens with zero attached hydrogens (tertiary/aromatic N) is 4. The Hall–Kier alpha value is -2.85. The molecule has 3 aromatic rings. The van der Waals surface area contributed by atoms with E-state index in [1.807, 2.05) is 4.57 Å². The first-order valence-electron chi connectivity index (χ1n) is 11.1. The van der Waals surface area contributed by atoms with Gasteiger partial charge in [0.1, 0.15) is 22.8 Å². The predicted octanol–water partition coefficient (Wildman–Crippen LogP) is 4.55. The van der Waals surface area contributed by atoms with Crippen molar-refractivity contribution in [1.82, 2.24) is 19.5 Å². The van der Waals surface area contributed by atoms with Crippen molar-refractivity contribution in [3.63, 3.8) is 0 Å². The summed E-state index contributed by atoms with van der Waals surface area (Å²) in [6.07, 6.45) is 6.08. The van der Waals surface area contributed by atoms with Gasteiger partial charge in [-0.3, -0.25) is 4.57 Å². The number of imidazole rings is 1. The minimum atomic E-state index is -0.691. The van der Waals surface area contributed by atoms with E-state index in [1.54, 1.807) is 6.20 Å². The molecule has 1 saturated carbocycles. The number of fused-ring (bicyclic) bond motifs is 1. The molecule has 5 rings (SSSR count). The van der Waals surface area contributed by atoms with Crippen LogP contribution in [0.1, 0.15) is 52.0 Å². The van der Waals surface area contributed by atoms with Crippen LogP contribution >= 0.6 is 0 Å². The summed E-state index contributed by atoms with van der Waals surface area (Å²) in [5.74, 6) is -0.578. The first kappa shape index (κ1) is 23.3. The van der Waals surface area contributed by atoms with E-state index < -0.39 is 11.6 Å². The fourth-order valence-electron chi connectivity index (χ4n) is 4.47. The molecule has 10 heteroatoms. The molecule has 3 heterocycles. The lowest BCUT2D eigenvalue weighted by atomic mass is 9.93. The van der Waals surface area contributed by atoms with Crippen molar-refractivity contribution in [2.45, 2.75) is 64.1 Å². The first-order valence-corrected chi connectivity index (χ1v) is 11.1. The maximum absolute atomic E-state index is 14.3. The van der Waals surface area contributed by atoms with Gasteiger partial charge in [0, 0.05) is 25.3 Å². The molecule has 0 atom stereocenters. The Labute approximate surface area is 191 Å². The van der Waals surface area contributed by atoms with Gasteiger partial charge in [0.05, 0.1) is 12.3 Å². The number of aliphatic hydroxyl groups excluding tert-OH is 1. The highest BCUT2D eigenvalue weighted by Gasteiger charge is 2.25. The van der Waals surface area contributed by atoms with E-state index in [4.69, 9.17) is 9.72 Å². The second kappa shape index (κ2) is 9.96. The van der Waals surface area contributed by atoms with Crippen molar-refractivity contribution in [2.75, 3.05) is 23.8 Å². The highest BCUT2D eigenvalue weighted by Crippen LogP contribution is 2.32. The molecule has 178 valence electrons. The molecular weight excluding hydrogens is 430 g/mol. The number of aromatic nitrogens is 4. The average molecular weight is 461 g/mol. The molecule has 0 radical (unpaired) electrons. The van der Waals surface area contributed by atoms with Crippen LogP contribution in [0.3, 0.4) is 0 Å². The Kier molecular flexibility index (Phi) is 7.04. The summed E-state index contributed by atoms with van der Waals surface area (Å²) in [7, 11) is 0. The van der Waals surface area contributed by atoms with Crippen molar-refractivity contribution in [1.29, 1.82) is 0 Å². The zero-order valence-corrected chi connectivity index (χ0v) is 17.6. The van der Waals surface area contributed by atoms with Crippen molar-refractivity contribution < 1.29 is 18.6 Å². The molecule has 3 N–H and O–H groups in total. The van der Waals surface area contributed by atoms with Crippen LogP contribution in [-0.4, -0.2) is 50.0 Å². The Morgan fingerprint density at radius 1 is 1.00 bits per heavy atom. The minimum absolute atomic E-state index is 0. The van der Waals surface area contributed by atoms with Crippen molar-refractivity contribution in [3.8, 4) is 0 Å². The third kappa shape index (κ3) is 4.91. The fraction of sp³-hybridized carbons (Fsp3) is 0.522. The number of aliphatic hydroxyl groups is 1. The van der Waals surface area contributed by atoms with E-state index in [1.165, 1.54) is 18.2 Å². The maximum atomic E-state index is 14.3. The number of benzene rings is 1. The van der Waals surface area contributed by atoms with E-state index >= 15 is 0 Å². The third-order valence-electron chi connectivity index (χ3n) is 6.22. The minimum Gasteiger partial charge on any atom is -0.393 e.